The van der Waals surface area contributed by atoms with Crippen LogP contribution in [0.5, 0.6) is 0 Å². The molecule has 3 nitrogen and oxygen atoms in total. The standard InChI is InChI=1S/C15H27N3/c1-11(2)16-9-12(3)8-13-10-18(7)17-14(13)15(4,5)6/h8,10-11,16H,9H2,1-7H3. The number of aromatic nitrogens is 2. The molecule has 0 atom stereocenters. The first-order valence-electron chi connectivity index (χ1n) is 6.65. The topological polar surface area (TPSA) is 29.9 Å². The van der Waals surface area contributed by atoms with Crippen LogP contribution in [0, 0.1) is 0 Å². The van der Waals surface area contributed by atoms with Crippen molar-refractivity contribution in [2.45, 2.75) is 53.0 Å². The third kappa shape index (κ3) is 4.30. The van der Waals surface area contributed by atoms with Gasteiger partial charge in [0.05, 0.1) is 5.69 Å². The Bertz CT molecular complexity index is 419. The summed E-state index contributed by atoms with van der Waals surface area (Å²) in [4.78, 5) is 0. The average molecular weight is 249 g/mol. The first kappa shape index (κ1) is 15.0. The number of rotatable bonds is 4. The summed E-state index contributed by atoms with van der Waals surface area (Å²) >= 11 is 0. The summed E-state index contributed by atoms with van der Waals surface area (Å²) < 4.78 is 1.90. The third-order valence-electron chi connectivity index (χ3n) is 2.76. The Morgan fingerprint density at radius 3 is 2.56 bits per heavy atom. The molecule has 1 aromatic heterocycles. The van der Waals surface area contributed by atoms with Gasteiger partial charge in [-0.25, -0.2) is 0 Å². The van der Waals surface area contributed by atoms with Gasteiger partial charge in [-0.1, -0.05) is 46.3 Å². The first-order chi connectivity index (χ1) is 8.20. The lowest BCUT2D eigenvalue weighted by atomic mass is 9.89. The fourth-order valence-electron chi connectivity index (χ4n) is 1.88. The first-order valence-corrected chi connectivity index (χ1v) is 6.65. The van der Waals surface area contributed by atoms with E-state index in [9.17, 15) is 0 Å². The number of hydrogen-bond donors (Lipinski definition) is 1. The molecule has 0 aliphatic carbocycles. The van der Waals surface area contributed by atoms with Gasteiger partial charge >= 0.3 is 0 Å². The molecule has 0 amide bonds. The van der Waals surface area contributed by atoms with E-state index in [4.69, 9.17) is 0 Å². The summed E-state index contributed by atoms with van der Waals surface area (Å²) in [5.41, 5.74) is 3.81. The van der Waals surface area contributed by atoms with Gasteiger partial charge in [0, 0.05) is 36.8 Å². The van der Waals surface area contributed by atoms with Crippen LogP contribution in [0.25, 0.3) is 6.08 Å². The van der Waals surface area contributed by atoms with Crippen molar-refractivity contribution in [3.05, 3.63) is 23.0 Å². The van der Waals surface area contributed by atoms with Gasteiger partial charge in [-0.2, -0.15) is 5.10 Å². The Morgan fingerprint density at radius 2 is 2.06 bits per heavy atom. The monoisotopic (exact) mass is 249 g/mol. The van der Waals surface area contributed by atoms with E-state index in [1.807, 2.05) is 11.7 Å². The summed E-state index contributed by atoms with van der Waals surface area (Å²) in [6.45, 7) is 14.0. The number of nitrogens with one attached hydrogen (secondary N) is 1. The Balaban J connectivity index is 2.93. The highest BCUT2D eigenvalue weighted by molar-refractivity contribution is 5.55. The van der Waals surface area contributed by atoms with Crippen LogP contribution in [0.2, 0.25) is 0 Å². The van der Waals surface area contributed by atoms with Crippen molar-refractivity contribution in [2.75, 3.05) is 6.54 Å². The minimum atomic E-state index is 0.0822. The quantitative estimate of drug-likeness (QED) is 0.888. The molecule has 0 saturated heterocycles. The zero-order valence-corrected chi connectivity index (χ0v) is 12.8. The summed E-state index contributed by atoms with van der Waals surface area (Å²) in [6, 6.07) is 0.518. The van der Waals surface area contributed by atoms with E-state index in [0.717, 1.165) is 12.2 Å². The molecule has 3 heteroatoms. The fourth-order valence-corrected chi connectivity index (χ4v) is 1.88. The summed E-state index contributed by atoms with van der Waals surface area (Å²) in [5, 5.41) is 8.02. The van der Waals surface area contributed by atoms with Crippen LogP contribution in [-0.4, -0.2) is 22.4 Å². The fraction of sp³-hybridized carbons (Fsp3) is 0.667. The SMILES string of the molecule is CC(=Cc1cn(C)nc1C(C)(C)C)CNC(C)C. The molecule has 0 aromatic carbocycles. The Labute approximate surface area is 111 Å². The van der Waals surface area contributed by atoms with Gasteiger partial charge in [-0.15, -0.1) is 0 Å². The van der Waals surface area contributed by atoms with Crippen molar-refractivity contribution in [3.63, 3.8) is 0 Å². The lowest BCUT2D eigenvalue weighted by Crippen LogP contribution is -2.24. The van der Waals surface area contributed by atoms with Crippen LogP contribution < -0.4 is 5.32 Å². The van der Waals surface area contributed by atoms with Crippen LogP contribution >= 0.6 is 0 Å². The highest BCUT2D eigenvalue weighted by Crippen LogP contribution is 2.25. The molecule has 18 heavy (non-hydrogen) atoms. The van der Waals surface area contributed by atoms with Gasteiger partial charge in [-0.3, -0.25) is 4.68 Å². The summed E-state index contributed by atoms with van der Waals surface area (Å²) in [6.07, 6.45) is 4.34. The summed E-state index contributed by atoms with van der Waals surface area (Å²) in [5.74, 6) is 0. The Morgan fingerprint density at radius 1 is 1.44 bits per heavy atom. The van der Waals surface area contributed by atoms with Crippen LogP contribution in [0.15, 0.2) is 11.8 Å². The normalized spacial score (nSPS) is 13.4. The van der Waals surface area contributed by atoms with Gasteiger partial charge in [0.1, 0.15) is 0 Å². The van der Waals surface area contributed by atoms with Crippen molar-refractivity contribution >= 4 is 6.08 Å². The largest absolute Gasteiger partial charge is 0.311 e. The second-order valence-electron chi connectivity index (χ2n) is 6.38. The van der Waals surface area contributed by atoms with E-state index in [2.05, 4.69) is 64.2 Å². The van der Waals surface area contributed by atoms with Crippen LogP contribution in [0.4, 0.5) is 0 Å². The van der Waals surface area contributed by atoms with E-state index < -0.39 is 0 Å². The zero-order chi connectivity index (χ0) is 13.9. The predicted molar refractivity (Wildman–Crippen MR) is 78.7 cm³/mol. The molecule has 0 fully saturated rings. The van der Waals surface area contributed by atoms with Crippen molar-refractivity contribution in [3.8, 4) is 0 Å². The highest BCUT2D eigenvalue weighted by Gasteiger charge is 2.20. The molecule has 1 N–H and O–H groups in total. The molecule has 1 aromatic rings. The summed E-state index contributed by atoms with van der Waals surface area (Å²) in [7, 11) is 1.98. The van der Waals surface area contributed by atoms with Crippen molar-refractivity contribution in [1.82, 2.24) is 15.1 Å². The van der Waals surface area contributed by atoms with Crippen molar-refractivity contribution in [2.24, 2.45) is 7.05 Å². The lowest BCUT2D eigenvalue weighted by molar-refractivity contribution is 0.552. The van der Waals surface area contributed by atoms with E-state index in [1.54, 1.807) is 0 Å². The predicted octanol–water partition coefficient (Wildman–Crippen LogP) is 3.12. The lowest BCUT2D eigenvalue weighted by Gasteiger charge is -2.16. The number of aryl methyl sites for hydroxylation is 1. The van der Waals surface area contributed by atoms with Crippen LogP contribution in [0.1, 0.15) is 52.8 Å². The molecule has 0 spiro atoms. The van der Waals surface area contributed by atoms with E-state index in [1.165, 1.54) is 11.1 Å². The van der Waals surface area contributed by atoms with E-state index in [0.29, 0.717) is 6.04 Å². The maximum atomic E-state index is 4.58. The molecule has 0 bridgehead atoms. The van der Waals surface area contributed by atoms with Gasteiger partial charge in [-0.05, 0) is 6.92 Å². The zero-order valence-electron chi connectivity index (χ0n) is 12.8. The molecule has 1 rings (SSSR count). The average Bonchev–Trinajstić information content (AvgIpc) is 2.56. The second kappa shape index (κ2) is 5.70. The molecule has 0 radical (unpaired) electrons. The van der Waals surface area contributed by atoms with Gasteiger partial charge < -0.3 is 5.32 Å². The van der Waals surface area contributed by atoms with Crippen LogP contribution in [-0.2, 0) is 12.5 Å². The maximum absolute atomic E-state index is 4.58. The van der Waals surface area contributed by atoms with Crippen molar-refractivity contribution < 1.29 is 0 Å². The number of nitrogens with zero attached hydrogens (tertiary/aromatic N) is 2. The van der Waals surface area contributed by atoms with Crippen LogP contribution in [0.3, 0.4) is 0 Å². The van der Waals surface area contributed by atoms with Gasteiger partial charge in [0.25, 0.3) is 0 Å². The van der Waals surface area contributed by atoms with Gasteiger partial charge in [0.15, 0.2) is 0 Å². The molecular formula is C15H27N3. The van der Waals surface area contributed by atoms with Crippen molar-refractivity contribution in [1.29, 1.82) is 0 Å². The molecule has 102 valence electrons. The Hall–Kier alpha value is -1.09. The maximum Gasteiger partial charge on any atom is 0.0750 e. The van der Waals surface area contributed by atoms with Gasteiger partial charge in [0.2, 0.25) is 0 Å². The third-order valence-corrected chi connectivity index (χ3v) is 2.76. The molecule has 0 aliphatic rings. The van der Waals surface area contributed by atoms with E-state index >= 15 is 0 Å². The second-order valence-corrected chi connectivity index (χ2v) is 6.38. The minimum absolute atomic E-state index is 0.0822. The van der Waals surface area contributed by atoms with E-state index in [-0.39, 0.29) is 5.41 Å². The Kier molecular flexibility index (Phi) is 4.74. The molecule has 0 unspecified atom stereocenters. The molecule has 1 heterocycles. The number of hydrogen-bond acceptors (Lipinski definition) is 2. The molecular weight excluding hydrogens is 222 g/mol. The molecule has 0 saturated carbocycles. The smallest absolute Gasteiger partial charge is 0.0750 e. The minimum Gasteiger partial charge on any atom is -0.311 e. The highest BCUT2D eigenvalue weighted by atomic mass is 15.3. The molecule has 0 aliphatic heterocycles.